The first-order valence-electron chi connectivity index (χ1n) is 9.22. The molecule has 3 rings (SSSR count). The van der Waals surface area contributed by atoms with Crippen LogP contribution in [0.4, 0.5) is 15.8 Å². The Hall–Kier alpha value is -3.42. The van der Waals surface area contributed by atoms with Crippen molar-refractivity contribution >= 4 is 29.2 Å². The van der Waals surface area contributed by atoms with E-state index in [-0.39, 0.29) is 24.6 Å². The van der Waals surface area contributed by atoms with E-state index in [9.17, 15) is 18.8 Å². The Labute approximate surface area is 167 Å². The highest BCUT2D eigenvalue weighted by molar-refractivity contribution is 6.00. The molecule has 0 unspecified atom stereocenters. The summed E-state index contributed by atoms with van der Waals surface area (Å²) >= 11 is 0. The van der Waals surface area contributed by atoms with Gasteiger partial charge in [0, 0.05) is 18.7 Å². The quantitative estimate of drug-likeness (QED) is 0.723. The standard InChI is InChI=1S/C21H21FN2O5/c1-2-28-16-9-7-15(8-10-16)24-12-14(11-20(24)26)21(27)29-13-19(25)23-18-6-4-3-5-17(18)22/h3-10,14H,2,11-13H2,1H3,(H,23,25)/t14-/m1/s1. The van der Waals surface area contributed by atoms with Crippen LogP contribution >= 0.6 is 0 Å². The van der Waals surface area contributed by atoms with Crippen molar-refractivity contribution < 1.29 is 28.2 Å². The zero-order valence-electron chi connectivity index (χ0n) is 15.9. The maximum atomic E-state index is 13.5. The monoisotopic (exact) mass is 400 g/mol. The molecule has 8 heteroatoms. The van der Waals surface area contributed by atoms with Crippen molar-refractivity contribution in [2.24, 2.45) is 5.92 Å². The van der Waals surface area contributed by atoms with Crippen molar-refractivity contribution in [1.82, 2.24) is 0 Å². The summed E-state index contributed by atoms with van der Waals surface area (Å²) < 4.78 is 23.9. The molecular formula is C21H21FN2O5. The third-order valence-corrected chi connectivity index (χ3v) is 4.41. The normalized spacial score (nSPS) is 15.9. The minimum atomic E-state index is -0.671. The molecule has 0 radical (unpaired) electrons. The van der Waals surface area contributed by atoms with Gasteiger partial charge in [-0.1, -0.05) is 12.1 Å². The van der Waals surface area contributed by atoms with E-state index in [4.69, 9.17) is 9.47 Å². The fourth-order valence-electron chi connectivity index (χ4n) is 3.01. The van der Waals surface area contributed by atoms with Gasteiger partial charge in [-0.3, -0.25) is 14.4 Å². The topological polar surface area (TPSA) is 84.9 Å². The number of anilines is 2. The molecule has 7 nitrogen and oxygen atoms in total. The maximum Gasteiger partial charge on any atom is 0.311 e. The smallest absolute Gasteiger partial charge is 0.311 e. The zero-order valence-corrected chi connectivity index (χ0v) is 15.9. The van der Waals surface area contributed by atoms with Crippen molar-refractivity contribution in [3.8, 4) is 5.75 Å². The Bertz CT molecular complexity index is 900. The summed E-state index contributed by atoms with van der Waals surface area (Å²) in [5, 5.41) is 2.33. The van der Waals surface area contributed by atoms with Gasteiger partial charge >= 0.3 is 5.97 Å². The van der Waals surface area contributed by atoms with E-state index in [2.05, 4.69) is 5.32 Å². The van der Waals surface area contributed by atoms with Crippen LogP contribution in [0.25, 0.3) is 0 Å². The number of ether oxygens (including phenoxy) is 2. The van der Waals surface area contributed by atoms with Crippen molar-refractivity contribution in [3.05, 3.63) is 54.3 Å². The Kier molecular flexibility index (Phi) is 6.43. The lowest BCUT2D eigenvalue weighted by atomic mass is 10.1. The van der Waals surface area contributed by atoms with E-state index < -0.39 is 30.2 Å². The first kappa shape index (κ1) is 20.3. The summed E-state index contributed by atoms with van der Waals surface area (Å²) in [6.45, 7) is 2.03. The second kappa shape index (κ2) is 9.18. The summed E-state index contributed by atoms with van der Waals surface area (Å²) in [5.74, 6) is -2.06. The third-order valence-electron chi connectivity index (χ3n) is 4.41. The molecular weight excluding hydrogens is 379 g/mol. The van der Waals surface area contributed by atoms with Crippen LogP contribution in [0.5, 0.6) is 5.75 Å². The molecule has 2 amide bonds. The number of benzene rings is 2. The molecule has 0 bridgehead atoms. The summed E-state index contributed by atoms with van der Waals surface area (Å²) in [4.78, 5) is 37.9. The van der Waals surface area contributed by atoms with Crippen LogP contribution in [0.1, 0.15) is 13.3 Å². The summed E-state index contributed by atoms with van der Waals surface area (Å²) in [5.41, 5.74) is 0.664. The minimum Gasteiger partial charge on any atom is -0.494 e. The lowest BCUT2D eigenvalue weighted by molar-refractivity contribution is -0.151. The number of amides is 2. The molecule has 152 valence electrons. The molecule has 1 aliphatic rings. The van der Waals surface area contributed by atoms with E-state index in [0.29, 0.717) is 18.0 Å². The number of esters is 1. The van der Waals surface area contributed by atoms with Crippen LogP contribution in [-0.4, -0.2) is 37.5 Å². The molecule has 0 aromatic heterocycles. The van der Waals surface area contributed by atoms with Gasteiger partial charge in [0.25, 0.3) is 5.91 Å². The molecule has 1 fully saturated rings. The number of para-hydroxylation sites is 1. The SMILES string of the molecule is CCOc1ccc(N2C[C@H](C(=O)OCC(=O)Nc3ccccc3F)CC2=O)cc1. The Morgan fingerprint density at radius 3 is 2.59 bits per heavy atom. The molecule has 1 atom stereocenters. The molecule has 1 saturated heterocycles. The summed E-state index contributed by atoms with van der Waals surface area (Å²) in [6.07, 6.45) is 0.000969. The number of carbonyl (C=O) groups excluding carboxylic acids is 3. The Morgan fingerprint density at radius 1 is 1.17 bits per heavy atom. The van der Waals surface area contributed by atoms with Crippen molar-refractivity contribution in [2.45, 2.75) is 13.3 Å². The second-order valence-corrected chi connectivity index (χ2v) is 6.47. The van der Waals surface area contributed by atoms with E-state index >= 15 is 0 Å². The minimum absolute atomic E-state index is 0.000969. The predicted octanol–water partition coefficient (Wildman–Crippen LogP) is 2.76. The van der Waals surface area contributed by atoms with Crippen LogP contribution in [-0.2, 0) is 19.1 Å². The van der Waals surface area contributed by atoms with Gasteiger partial charge in [-0.2, -0.15) is 0 Å². The first-order chi connectivity index (χ1) is 14.0. The number of carbonyl (C=O) groups is 3. The number of rotatable bonds is 7. The fraction of sp³-hybridized carbons (Fsp3) is 0.286. The maximum absolute atomic E-state index is 13.5. The van der Waals surface area contributed by atoms with E-state index in [0.717, 1.165) is 0 Å². The number of halogens is 1. The Morgan fingerprint density at radius 2 is 1.90 bits per heavy atom. The summed E-state index contributed by atoms with van der Waals surface area (Å²) in [7, 11) is 0. The lowest BCUT2D eigenvalue weighted by Gasteiger charge is -2.17. The van der Waals surface area contributed by atoms with Gasteiger partial charge in [0.2, 0.25) is 5.91 Å². The number of nitrogens with one attached hydrogen (secondary N) is 1. The second-order valence-electron chi connectivity index (χ2n) is 6.47. The zero-order chi connectivity index (χ0) is 20.8. The summed E-state index contributed by atoms with van der Waals surface area (Å²) in [6, 6.07) is 12.7. The predicted molar refractivity (Wildman–Crippen MR) is 104 cm³/mol. The van der Waals surface area contributed by atoms with Crippen molar-refractivity contribution in [2.75, 3.05) is 30.0 Å². The highest BCUT2D eigenvalue weighted by Gasteiger charge is 2.36. The molecule has 0 spiro atoms. The van der Waals surface area contributed by atoms with E-state index in [1.807, 2.05) is 6.92 Å². The highest BCUT2D eigenvalue weighted by atomic mass is 19.1. The van der Waals surface area contributed by atoms with E-state index in [1.165, 1.54) is 23.1 Å². The molecule has 2 aromatic rings. The van der Waals surface area contributed by atoms with Gasteiger partial charge in [0.05, 0.1) is 18.2 Å². The highest BCUT2D eigenvalue weighted by Crippen LogP contribution is 2.27. The van der Waals surface area contributed by atoms with Crippen LogP contribution in [0, 0.1) is 11.7 Å². The average Bonchev–Trinajstić information content (AvgIpc) is 3.10. The van der Waals surface area contributed by atoms with Gasteiger partial charge in [0.15, 0.2) is 6.61 Å². The van der Waals surface area contributed by atoms with Gasteiger partial charge in [0.1, 0.15) is 11.6 Å². The van der Waals surface area contributed by atoms with Crippen LogP contribution in [0.15, 0.2) is 48.5 Å². The van der Waals surface area contributed by atoms with Gasteiger partial charge in [-0.15, -0.1) is 0 Å². The molecule has 1 heterocycles. The van der Waals surface area contributed by atoms with Crippen LogP contribution in [0.2, 0.25) is 0 Å². The van der Waals surface area contributed by atoms with Gasteiger partial charge in [-0.05, 0) is 43.3 Å². The molecule has 2 aromatic carbocycles. The number of hydrogen-bond donors (Lipinski definition) is 1. The third kappa shape index (κ3) is 5.10. The molecule has 0 saturated carbocycles. The Balaban J connectivity index is 1.52. The van der Waals surface area contributed by atoms with E-state index in [1.54, 1.807) is 30.3 Å². The number of nitrogens with zero attached hydrogens (tertiary/aromatic N) is 1. The largest absolute Gasteiger partial charge is 0.494 e. The van der Waals surface area contributed by atoms with Gasteiger partial charge < -0.3 is 19.7 Å². The molecule has 1 aliphatic heterocycles. The van der Waals surface area contributed by atoms with Crippen LogP contribution < -0.4 is 15.0 Å². The fourth-order valence-corrected chi connectivity index (χ4v) is 3.01. The first-order valence-corrected chi connectivity index (χ1v) is 9.22. The molecule has 0 aliphatic carbocycles. The lowest BCUT2D eigenvalue weighted by Crippen LogP contribution is -2.28. The number of hydrogen-bond acceptors (Lipinski definition) is 5. The van der Waals surface area contributed by atoms with Gasteiger partial charge in [-0.25, -0.2) is 4.39 Å². The van der Waals surface area contributed by atoms with Crippen molar-refractivity contribution in [3.63, 3.8) is 0 Å². The van der Waals surface area contributed by atoms with Crippen molar-refractivity contribution in [1.29, 1.82) is 0 Å². The molecule has 1 N–H and O–H groups in total. The molecule has 29 heavy (non-hydrogen) atoms. The average molecular weight is 400 g/mol. The van der Waals surface area contributed by atoms with Crippen LogP contribution in [0.3, 0.4) is 0 Å².